The summed E-state index contributed by atoms with van der Waals surface area (Å²) >= 11 is 0. The number of nitrogens with zero attached hydrogens (tertiary/aromatic N) is 2. The van der Waals surface area contributed by atoms with Gasteiger partial charge in [0.05, 0.1) is 23.5 Å². The molecule has 0 N–H and O–H groups in total. The van der Waals surface area contributed by atoms with Crippen LogP contribution >= 0.6 is 0 Å². The zero-order valence-electron chi connectivity index (χ0n) is 11.5. The van der Waals surface area contributed by atoms with Crippen LogP contribution in [-0.2, 0) is 9.68 Å². The third-order valence-corrected chi connectivity index (χ3v) is 2.02. The summed E-state index contributed by atoms with van der Waals surface area (Å²) in [5.74, 6) is -0.344. The molecule has 0 bridgehead atoms. The molecule has 0 saturated carbocycles. The van der Waals surface area contributed by atoms with Crippen molar-refractivity contribution in [3.63, 3.8) is 0 Å². The van der Waals surface area contributed by atoms with Crippen molar-refractivity contribution < 1.29 is 14.5 Å². The first kappa shape index (κ1) is 14.6. The molecule has 5 heteroatoms. The second-order valence-corrected chi connectivity index (χ2v) is 4.51. The number of carbonyl (C=O) groups excluding carboxylic acids is 1. The average molecular weight is 252 g/mol. The van der Waals surface area contributed by atoms with Crippen LogP contribution in [0.2, 0.25) is 0 Å². The van der Waals surface area contributed by atoms with E-state index in [9.17, 15) is 4.79 Å². The van der Waals surface area contributed by atoms with E-state index in [0.717, 1.165) is 5.23 Å². The largest absolute Gasteiger partial charge is 0.305 e. The number of amides is 1. The Morgan fingerprint density at radius 2 is 1.78 bits per heavy atom. The lowest BCUT2D eigenvalue weighted by atomic mass is 10.2. The van der Waals surface area contributed by atoms with Crippen molar-refractivity contribution in [3.05, 3.63) is 29.6 Å². The first-order valence-corrected chi connectivity index (χ1v) is 6.01. The van der Waals surface area contributed by atoms with Crippen LogP contribution in [0.3, 0.4) is 0 Å². The highest BCUT2D eigenvalue weighted by Crippen LogP contribution is 2.12. The number of rotatable bonds is 5. The molecule has 5 nitrogen and oxygen atoms in total. The van der Waals surface area contributed by atoms with Crippen LogP contribution in [-0.4, -0.2) is 28.3 Å². The summed E-state index contributed by atoms with van der Waals surface area (Å²) in [6.07, 6.45) is 1.35. The van der Waals surface area contributed by atoms with E-state index in [2.05, 4.69) is 4.98 Å². The molecule has 0 aliphatic carbocycles. The topological polar surface area (TPSA) is 51.7 Å². The summed E-state index contributed by atoms with van der Waals surface area (Å²) in [6.45, 7) is 9.11. The molecule has 0 fully saturated rings. The van der Waals surface area contributed by atoms with Crippen molar-refractivity contribution in [3.8, 4) is 0 Å². The van der Waals surface area contributed by atoms with Gasteiger partial charge in [-0.15, -0.1) is 0 Å². The summed E-state index contributed by atoms with van der Waals surface area (Å²) in [5, 5.41) is 0.944. The average Bonchev–Trinajstić information content (AvgIpc) is 2.26. The first-order valence-electron chi connectivity index (χ1n) is 6.01. The fourth-order valence-electron chi connectivity index (χ4n) is 1.31. The van der Waals surface area contributed by atoms with E-state index >= 15 is 0 Å². The Labute approximate surface area is 108 Å². The fraction of sp³-hybridized carbons (Fsp3) is 0.538. The zero-order chi connectivity index (χ0) is 13.7. The first-order chi connectivity index (χ1) is 8.41. The van der Waals surface area contributed by atoms with Crippen LogP contribution < -0.4 is 0 Å². The molecule has 0 unspecified atom stereocenters. The van der Waals surface area contributed by atoms with E-state index in [0.29, 0.717) is 11.3 Å². The lowest BCUT2D eigenvalue weighted by Gasteiger charge is -2.24. The normalized spacial score (nSPS) is 11.1. The van der Waals surface area contributed by atoms with E-state index in [1.165, 1.54) is 0 Å². The Morgan fingerprint density at radius 1 is 1.22 bits per heavy atom. The summed E-state index contributed by atoms with van der Waals surface area (Å²) in [5.41, 5.74) is 1.12. The number of pyridine rings is 1. The van der Waals surface area contributed by atoms with Gasteiger partial charge >= 0.3 is 5.91 Å². The number of aromatic nitrogens is 1. The summed E-state index contributed by atoms with van der Waals surface area (Å²) in [6, 6.07) is 3.41. The molecule has 1 aromatic heterocycles. The highest BCUT2D eigenvalue weighted by Gasteiger charge is 2.22. The Bertz CT molecular complexity index is 395. The number of carbonyl (C=O) groups is 1. The molecule has 0 aliphatic rings. The van der Waals surface area contributed by atoms with E-state index in [1.54, 1.807) is 25.3 Å². The van der Waals surface area contributed by atoms with Crippen LogP contribution in [0.4, 0.5) is 0 Å². The van der Waals surface area contributed by atoms with Gasteiger partial charge in [-0.2, -0.15) is 0 Å². The van der Waals surface area contributed by atoms with Gasteiger partial charge in [0.1, 0.15) is 0 Å². The Balaban J connectivity index is 2.91. The van der Waals surface area contributed by atoms with E-state index in [4.69, 9.17) is 9.68 Å². The number of hydrogen-bond acceptors (Lipinski definition) is 4. The van der Waals surface area contributed by atoms with Gasteiger partial charge < -0.3 is 0 Å². The highest BCUT2D eigenvalue weighted by molar-refractivity contribution is 5.93. The number of hydroxylamine groups is 2. The Morgan fingerprint density at radius 3 is 2.22 bits per heavy atom. The van der Waals surface area contributed by atoms with Gasteiger partial charge in [0.25, 0.3) is 0 Å². The quantitative estimate of drug-likeness (QED) is 0.755. The van der Waals surface area contributed by atoms with Crippen molar-refractivity contribution in [2.75, 3.05) is 0 Å². The van der Waals surface area contributed by atoms with Crippen molar-refractivity contribution in [1.29, 1.82) is 0 Å². The SMILES string of the molecule is Cc1ncccc1C(=O)N(OC(C)C)OC(C)C. The van der Waals surface area contributed by atoms with Crippen molar-refractivity contribution in [1.82, 2.24) is 10.2 Å². The molecule has 0 aromatic carbocycles. The molecule has 1 heterocycles. The minimum atomic E-state index is -0.344. The lowest BCUT2D eigenvalue weighted by molar-refractivity contribution is -0.355. The van der Waals surface area contributed by atoms with Gasteiger partial charge in [-0.05, 0) is 46.8 Å². The van der Waals surface area contributed by atoms with Crippen molar-refractivity contribution >= 4 is 5.91 Å². The maximum absolute atomic E-state index is 12.3. The second-order valence-electron chi connectivity index (χ2n) is 4.51. The molecule has 0 saturated heterocycles. The molecule has 18 heavy (non-hydrogen) atoms. The van der Waals surface area contributed by atoms with Gasteiger partial charge in [0, 0.05) is 6.20 Å². The Hall–Kier alpha value is -1.46. The third-order valence-electron chi connectivity index (χ3n) is 2.02. The van der Waals surface area contributed by atoms with Crippen molar-refractivity contribution in [2.45, 2.75) is 46.8 Å². The maximum atomic E-state index is 12.3. The van der Waals surface area contributed by atoms with Crippen LogP contribution in [0.15, 0.2) is 18.3 Å². The summed E-state index contributed by atoms with van der Waals surface area (Å²) in [7, 11) is 0. The van der Waals surface area contributed by atoms with Crippen LogP contribution in [0, 0.1) is 6.92 Å². The predicted molar refractivity (Wildman–Crippen MR) is 67.6 cm³/mol. The minimum Gasteiger partial charge on any atom is -0.264 e. The van der Waals surface area contributed by atoms with Gasteiger partial charge in [-0.25, -0.2) is 9.68 Å². The van der Waals surface area contributed by atoms with E-state index in [1.807, 2.05) is 27.7 Å². The third kappa shape index (κ3) is 4.09. The van der Waals surface area contributed by atoms with Crippen LogP contribution in [0.1, 0.15) is 43.7 Å². The summed E-state index contributed by atoms with van der Waals surface area (Å²) in [4.78, 5) is 27.1. The van der Waals surface area contributed by atoms with Gasteiger partial charge in [-0.1, -0.05) is 5.23 Å². The van der Waals surface area contributed by atoms with Crippen LogP contribution in [0.5, 0.6) is 0 Å². The molecule has 1 aromatic rings. The Kier molecular flexibility index (Phi) is 5.25. The standard InChI is InChI=1S/C13H20N2O3/c1-9(2)17-15(18-10(3)4)13(16)12-7-6-8-14-11(12)5/h6-10H,1-5H3. The van der Waals surface area contributed by atoms with Crippen molar-refractivity contribution in [2.24, 2.45) is 0 Å². The number of aryl methyl sites for hydroxylation is 1. The van der Waals surface area contributed by atoms with Gasteiger partial charge in [-0.3, -0.25) is 9.78 Å². The van der Waals surface area contributed by atoms with Gasteiger partial charge in [0.15, 0.2) is 0 Å². The molecule has 0 aliphatic heterocycles. The van der Waals surface area contributed by atoms with E-state index in [-0.39, 0.29) is 18.1 Å². The van der Waals surface area contributed by atoms with Gasteiger partial charge in [0.2, 0.25) is 0 Å². The predicted octanol–water partition coefficient (Wildman–Crippen LogP) is 2.51. The maximum Gasteiger partial charge on any atom is 0.305 e. The monoisotopic (exact) mass is 252 g/mol. The molecule has 1 amide bonds. The molecule has 1 rings (SSSR count). The zero-order valence-corrected chi connectivity index (χ0v) is 11.5. The van der Waals surface area contributed by atoms with E-state index < -0.39 is 0 Å². The van der Waals surface area contributed by atoms with Crippen LogP contribution in [0.25, 0.3) is 0 Å². The summed E-state index contributed by atoms with van der Waals surface area (Å²) < 4.78 is 0. The second kappa shape index (κ2) is 6.47. The molecule has 100 valence electrons. The number of hydrogen-bond donors (Lipinski definition) is 0. The fourth-order valence-corrected chi connectivity index (χ4v) is 1.31. The minimum absolute atomic E-state index is 0.148. The molecule has 0 atom stereocenters. The highest BCUT2D eigenvalue weighted by atomic mass is 17.0. The molecular weight excluding hydrogens is 232 g/mol. The smallest absolute Gasteiger partial charge is 0.264 e. The molecular formula is C13H20N2O3. The molecule has 0 radical (unpaired) electrons. The molecule has 0 spiro atoms. The lowest BCUT2D eigenvalue weighted by Crippen LogP contribution is -2.36.